The van der Waals surface area contributed by atoms with Crippen molar-refractivity contribution in [2.75, 3.05) is 20.1 Å². The fourth-order valence-corrected chi connectivity index (χ4v) is 2.20. The van der Waals surface area contributed by atoms with Crippen molar-refractivity contribution in [3.63, 3.8) is 0 Å². The van der Waals surface area contributed by atoms with Crippen LogP contribution in [0.15, 0.2) is 0 Å². The van der Waals surface area contributed by atoms with Crippen LogP contribution in [0.25, 0.3) is 0 Å². The van der Waals surface area contributed by atoms with Gasteiger partial charge >= 0.3 is 6.03 Å². The molecule has 1 unspecified atom stereocenters. The maximum Gasteiger partial charge on any atom is 0.321 e. The zero-order valence-corrected chi connectivity index (χ0v) is 12.6. The molecule has 7 nitrogen and oxygen atoms in total. The zero-order valence-electron chi connectivity index (χ0n) is 12.6. The molecule has 0 bridgehead atoms. The van der Waals surface area contributed by atoms with Gasteiger partial charge in [0.15, 0.2) is 0 Å². The van der Waals surface area contributed by atoms with Gasteiger partial charge in [-0.05, 0) is 40.2 Å². The van der Waals surface area contributed by atoms with Crippen LogP contribution in [0.5, 0.6) is 0 Å². The first kappa shape index (κ1) is 16.4. The summed E-state index contributed by atoms with van der Waals surface area (Å²) in [5.41, 5.74) is -0.400. The number of nitrogens with one attached hydrogen (secondary N) is 3. The molecule has 1 heterocycles. The Morgan fingerprint density at radius 1 is 1.25 bits per heavy atom. The number of urea groups is 1. The number of nitrogens with zero attached hydrogens (tertiary/aromatic N) is 1. The zero-order chi connectivity index (χ0) is 15.3. The molecule has 1 atom stereocenters. The molecule has 7 heteroatoms. The van der Waals surface area contributed by atoms with Gasteiger partial charge in [-0.2, -0.15) is 0 Å². The van der Waals surface area contributed by atoms with Crippen molar-refractivity contribution in [2.45, 2.75) is 45.2 Å². The van der Waals surface area contributed by atoms with Crippen LogP contribution in [0.1, 0.15) is 33.6 Å². The minimum Gasteiger partial charge on any atom is -0.358 e. The van der Waals surface area contributed by atoms with E-state index in [-0.39, 0.29) is 18.5 Å². The Morgan fingerprint density at radius 2 is 1.90 bits per heavy atom. The van der Waals surface area contributed by atoms with E-state index in [1.54, 1.807) is 11.9 Å². The average molecular weight is 284 g/mol. The van der Waals surface area contributed by atoms with Gasteiger partial charge in [-0.25, -0.2) is 4.79 Å². The van der Waals surface area contributed by atoms with Crippen molar-refractivity contribution >= 4 is 17.8 Å². The Kier molecular flexibility index (Phi) is 5.50. The third kappa shape index (κ3) is 5.16. The molecule has 1 fully saturated rings. The quantitative estimate of drug-likeness (QED) is 0.670. The molecule has 1 rings (SSSR count). The van der Waals surface area contributed by atoms with Gasteiger partial charge in [-0.3, -0.25) is 19.8 Å². The highest BCUT2D eigenvalue weighted by molar-refractivity contribution is 5.95. The van der Waals surface area contributed by atoms with Gasteiger partial charge in [-0.1, -0.05) is 0 Å². The smallest absolute Gasteiger partial charge is 0.321 e. The highest BCUT2D eigenvalue weighted by atomic mass is 16.2. The van der Waals surface area contributed by atoms with Crippen LogP contribution in [0, 0.1) is 0 Å². The Labute approximate surface area is 119 Å². The van der Waals surface area contributed by atoms with Gasteiger partial charge in [0.2, 0.25) is 11.8 Å². The standard InChI is InChI=1S/C13H24N4O3/c1-13(2,3)16-12(20)15-10(18)8-17-7-5-6-9(17)11(19)14-4/h9H,5-8H2,1-4H3,(H,14,19)(H2,15,16,18,20). The molecule has 0 aromatic carbocycles. The number of amides is 4. The third-order valence-corrected chi connectivity index (χ3v) is 3.00. The summed E-state index contributed by atoms with van der Waals surface area (Å²) in [4.78, 5) is 36.8. The molecule has 20 heavy (non-hydrogen) atoms. The summed E-state index contributed by atoms with van der Waals surface area (Å²) in [5, 5.41) is 7.52. The summed E-state index contributed by atoms with van der Waals surface area (Å²) in [7, 11) is 1.58. The lowest BCUT2D eigenvalue weighted by molar-refractivity contribution is -0.126. The van der Waals surface area contributed by atoms with Crippen molar-refractivity contribution in [1.82, 2.24) is 20.9 Å². The number of imide groups is 1. The second kappa shape index (κ2) is 6.69. The number of likely N-dealkylation sites (tertiary alicyclic amines) is 1. The number of hydrogen-bond donors (Lipinski definition) is 3. The van der Waals surface area contributed by atoms with Gasteiger partial charge in [0, 0.05) is 12.6 Å². The summed E-state index contributed by atoms with van der Waals surface area (Å²) in [6, 6.07) is -0.797. The number of likely N-dealkylation sites (N-methyl/N-ethyl adjacent to an activating group) is 1. The SMILES string of the molecule is CNC(=O)C1CCCN1CC(=O)NC(=O)NC(C)(C)C. The van der Waals surface area contributed by atoms with Crippen LogP contribution in [0.2, 0.25) is 0 Å². The van der Waals surface area contributed by atoms with Crippen molar-refractivity contribution in [2.24, 2.45) is 0 Å². The van der Waals surface area contributed by atoms with Crippen molar-refractivity contribution < 1.29 is 14.4 Å². The lowest BCUT2D eigenvalue weighted by Crippen LogP contribution is -2.51. The second-order valence-electron chi connectivity index (χ2n) is 6.00. The van der Waals surface area contributed by atoms with Crippen LogP contribution >= 0.6 is 0 Å². The van der Waals surface area contributed by atoms with E-state index in [9.17, 15) is 14.4 Å². The van der Waals surface area contributed by atoms with Gasteiger partial charge < -0.3 is 10.6 Å². The lowest BCUT2D eigenvalue weighted by Gasteiger charge is -2.23. The Morgan fingerprint density at radius 3 is 2.45 bits per heavy atom. The summed E-state index contributed by atoms with van der Waals surface area (Å²) in [5.74, 6) is -0.489. The lowest BCUT2D eigenvalue weighted by atomic mass is 10.1. The Bertz CT molecular complexity index is 390. The van der Waals surface area contributed by atoms with Crippen molar-refractivity contribution in [3.8, 4) is 0 Å². The van der Waals surface area contributed by atoms with Crippen molar-refractivity contribution in [3.05, 3.63) is 0 Å². The van der Waals surface area contributed by atoms with Gasteiger partial charge in [0.25, 0.3) is 0 Å². The van der Waals surface area contributed by atoms with E-state index in [0.29, 0.717) is 6.54 Å². The summed E-state index contributed by atoms with van der Waals surface area (Å²) >= 11 is 0. The maximum atomic E-state index is 11.8. The number of carbonyl (C=O) groups is 3. The maximum absolute atomic E-state index is 11.8. The molecule has 0 aromatic rings. The molecule has 0 saturated carbocycles. The van der Waals surface area contributed by atoms with E-state index in [1.165, 1.54) is 0 Å². The topological polar surface area (TPSA) is 90.5 Å². The molecule has 0 spiro atoms. The van der Waals surface area contributed by atoms with E-state index in [0.717, 1.165) is 12.8 Å². The Hall–Kier alpha value is -1.63. The summed E-state index contributed by atoms with van der Waals surface area (Å²) < 4.78 is 0. The fourth-order valence-electron chi connectivity index (χ4n) is 2.20. The van der Waals surface area contributed by atoms with Crippen LogP contribution in [0.3, 0.4) is 0 Å². The molecule has 1 aliphatic rings. The summed E-state index contributed by atoms with van der Waals surface area (Å²) in [6.45, 7) is 6.24. The normalized spacial score (nSPS) is 19.5. The Balaban J connectivity index is 2.46. The number of hydrogen-bond acceptors (Lipinski definition) is 4. The molecular formula is C13H24N4O3. The molecular weight excluding hydrogens is 260 g/mol. The molecule has 1 aliphatic heterocycles. The highest BCUT2D eigenvalue weighted by Crippen LogP contribution is 2.16. The van der Waals surface area contributed by atoms with Crippen LogP contribution < -0.4 is 16.0 Å². The summed E-state index contributed by atoms with van der Waals surface area (Å²) in [6.07, 6.45) is 1.61. The molecule has 1 saturated heterocycles. The largest absolute Gasteiger partial charge is 0.358 e. The van der Waals surface area contributed by atoms with E-state index in [1.807, 2.05) is 20.8 Å². The second-order valence-corrected chi connectivity index (χ2v) is 6.00. The van der Waals surface area contributed by atoms with E-state index < -0.39 is 17.5 Å². The molecule has 3 N–H and O–H groups in total. The van der Waals surface area contributed by atoms with Gasteiger partial charge in [0.1, 0.15) is 0 Å². The highest BCUT2D eigenvalue weighted by Gasteiger charge is 2.31. The number of carbonyl (C=O) groups excluding carboxylic acids is 3. The molecule has 0 aromatic heterocycles. The molecule has 0 aliphatic carbocycles. The fraction of sp³-hybridized carbons (Fsp3) is 0.769. The van der Waals surface area contributed by atoms with Crippen LogP contribution in [-0.4, -0.2) is 54.5 Å². The third-order valence-electron chi connectivity index (χ3n) is 3.00. The minimum absolute atomic E-state index is 0.0512. The number of rotatable bonds is 3. The minimum atomic E-state index is -0.516. The first-order chi connectivity index (χ1) is 9.23. The average Bonchev–Trinajstić information content (AvgIpc) is 2.73. The molecule has 0 radical (unpaired) electrons. The predicted octanol–water partition coefficient (Wildman–Crippen LogP) is -0.179. The van der Waals surface area contributed by atoms with Crippen molar-refractivity contribution in [1.29, 1.82) is 0 Å². The molecule has 4 amide bonds. The van der Waals surface area contributed by atoms with Gasteiger partial charge in [0.05, 0.1) is 12.6 Å². The monoisotopic (exact) mass is 284 g/mol. The van der Waals surface area contributed by atoms with Crippen LogP contribution in [-0.2, 0) is 9.59 Å². The van der Waals surface area contributed by atoms with E-state index >= 15 is 0 Å². The van der Waals surface area contributed by atoms with Crippen LogP contribution in [0.4, 0.5) is 4.79 Å². The van der Waals surface area contributed by atoms with E-state index in [2.05, 4.69) is 16.0 Å². The first-order valence-corrected chi connectivity index (χ1v) is 6.80. The first-order valence-electron chi connectivity index (χ1n) is 6.80. The van der Waals surface area contributed by atoms with Gasteiger partial charge in [-0.15, -0.1) is 0 Å². The predicted molar refractivity (Wildman–Crippen MR) is 75.1 cm³/mol. The molecule has 114 valence electrons. The van der Waals surface area contributed by atoms with E-state index in [4.69, 9.17) is 0 Å².